The van der Waals surface area contributed by atoms with Crippen molar-refractivity contribution >= 4 is 23.6 Å². The van der Waals surface area contributed by atoms with E-state index in [-0.39, 0.29) is 11.9 Å². The van der Waals surface area contributed by atoms with Gasteiger partial charge < -0.3 is 10.1 Å². The van der Waals surface area contributed by atoms with Crippen molar-refractivity contribution in [3.8, 4) is 0 Å². The summed E-state index contributed by atoms with van der Waals surface area (Å²) in [5.74, 6) is -0.744. The molecular weight excluding hydrogens is 288 g/mol. The van der Waals surface area contributed by atoms with Gasteiger partial charge in [0, 0.05) is 12.2 Å². The zero-order valence-corrected chi connectivity index (χ0v) is 13.1. The van der Waals surface area contributed by atoms with Crippen LogP contribution in [0.3, 0.4) is 0 Å². The minimum Gasteiger partial charge on any atom is -0.449 e. The predicted octanol–water partition coefficient (Wildman–Crippen LogP) is 2.41. The van der Waals surface area contributed by atoms with Crippen LogP contribution in [-0.4, -0.2) is 35.3 Å². The Morgan fingerprint density at radius 2 is 2.14 bits per heavy atom. The highest BCUT2D eigenvalue weighted by atomic mass is 32.2. The Morgan fingerprint density at radius 1 is 1.43 bits per heavy atom. The molecule has 0 bridgehead atoms. The lowest BCUT2D eigenvalue weighted by molar-refractivity contribution is -0.129. The molecule has 0 radical (unpaired) electrons. The van der Waals surface area contributed by atoms with Crippen LogP contribution in [0, 0.1) is 0 Å². The Kier molecular flexibility index (Phi) is 5.61. The Balaban J connectivity index is 1.93. The van der Waals surface area contributed by atoms with Gasteiger partial charge >= 0.3 is 5.97 Å². The molecule has 0 unspecified atom stereocenters. The Hall–Kier alpha value is -1.56. The molecule has 0 spiro atoms. The molecule has 1 aromatic heterocycles. The molecule has 1 amide bonds. The van der Waals surface area contributed by atoms with Gasteiger partial charge in [0.25, 0.3) is 5.91 Å². The summed E-state index contributed by atoms with van der Waals surface area (Å²) in [6.45, 7) is 1.59. The van der Waals surface area contributed by atoms with E-state index in [1.54, 1.807) is 25.3 Å². The van der Waals surface area contributed by atoms with Crippen LogP contribution < -0.4 is 5.32 Å². The second kappa shape index (κ2) is 7.45. The topological polar surface area (TPSA) is 68.3 Å². The maximum absolute atomic E-state index is 12.1. The largest absolute Gasteiger partial charge is 0.449 e. The van der Waals surface area contributed by atoms with Gasteiger partial charge in [-0.2, -0.15) is 0 Å². The number of thioether (sulfide) groups is 1. The maximum atomic E-state index is 12.1. The molecule has 1 aromatic rings. The number of ether oxygens (including phenoxy) is 1. The molecule has 0 aromatic carbocycles. The number of aromatic nitrogens is 1. The summed E-state index contributed by atoms with van der Waals surface area (Å²) in [6, 6.07) is 3.56. The van der Waals surface area contributed by atoms with Crippen LogP contribution in [0.5, 0.6) is 0 Å². The molecule has 1 aliphatic carbocycles. The Morgan fingerprint density at radius 3 is 2.81 bits per heavy atom. The molecule has 1 N–H and O–H groups in total. The van der Waals surface area contributed by atoms with E-state index in [0.29, 0.717) is 10.6 Å². The number of nitrogens with zero attached hydrogens (tertiary/aromatic N) is 1. The normalized spacial score (nSPS) is 16.5. The average molecular weight is 308 g/mol. The van der Waals surface area contributed by atoms with Gasteiger partial charge in [-0.25, -0.2) is 9.78 Å². The van der Waals surface area contributed by atoms with Crippen LogP contribution in [-0.2, 0) is 9.53 Å². The molecule has 6 heteroatoms. The minimum atomic E-state index is -0.798. The smallest absolute Gasteiger partial charge is 0.341 e. The van der Waals surface area contributed by atoms with E-state index in [4.69, 9.17) is 4.74 Å². The standard InChI is InChI=1S/C15H20N2O3S/c1-10(13(18)17-11-6-3-4-7-11)20-15(19)12-8-5-9-16-14(12)21-2/h5,8-11H,3-4,6-7H2,1-2H3,(H,17,18)/t10-/m1/s1. The molecule has 1 saturated carbocycles. The van der Waals surface area contributed by atoms with Crippen LogP contribution in [0.25, 0.3) is 0 Å². The van der Waals surface area contributed by atoms with Crippen molar-refractivity contribution in [1.29, 1.82) is 0 Å². The van der Waals surface area contributed by atoms with Crippen molar-refractivity contribution in [3.05, 3.63) is 23.9 Å². The number of esters is 1. The van der Waals surface area contributed by atoms with Crippen molar-refractivity contribution in [1.82, 2.24) is 10.3 Å². The lowest BCUT2D eigenvalue weighted by Gasteiger charge is -2.17. The van der Waals surface area contributed by atoms with Crippen molar-refractivity contribution in [2.75, 3.05) is 6.26 Å². The van der Waals surface area contributed by atoms with Crippen LogP contribution in [0.2, 0.25) is 0 Å². The first-order chi connectivity index (χ1) is 10.1. The van der Waals surface area contributed by atoms with Gasteiger partial charge in [0.1, 0.15) is 5.03 Å². The number of hydrogen-bond donors (Lipinski definition) is 1. The first-order valence-corrected chi connectivity index (χ1v) is 8.34. The van der Waals surface area contributed by atoms with Gasteiger partial charge in [0.05, 0.1) is 5.56 Å². The van der Waals surface area contributed by atoms with E-state index in [0.717, 1.165) is 25.7 Å². The molecule has 1 fully saturated rings. The van der Waals surface area contributed by atoms with E-state index < -0.39 is 12.1 Å². The Bertz CT molecular complexity index is 515. The monoisotopic (exact) mass is 308 g/mol. The molecule has 21 heavy (non-hydrogen) atoms. The summed E-state index contributed by atoms with van der Waals surface area (Å²) < 4.78 is 5.25. The van der Waals surface area contributed by atoms with Crippen LogP contribution in [0.1, 0.15) is 43.0 Å². The first-order valence-electron chi connectivity index (χ1n) is 7.12. The molecule has 0 saturated heterocycles. The summed E-state index contributed by atoms with van der Waals surface area (Å²) in [5, 5.41) is 3.53. The summed E-state index contributed by atoms with van der Waals surface area (Å²) in [7, 11) is 0. The molecule has 114 valence electrons. The fourth-order valence-corrected chi connectivity index (χ4v) is 2.91. The summed E-state index contributed by atoms with van der Waals surface area (Å²) in [4.78, 5) is 28.2. The summed E-state index contributed by atoms with van der Waals surface area (Å²) in [6.07, 6.45) is 6.97. The molecular formula is C15H20N2O3S. The molecule has 1 atom stereocenters. The number of carbonyl (C=O) groups excluding carboxylic acids is 2. The minimum absolute atomic E-state index is 0.221. The Labute approximate surface area is 128 Å². The van der Waals surface area contributed by atoms with Crippen LogP contribution in [0.15, 0.2) is 23.4 Å². The molecule has 1 heterocycles. The first kappa shape index (κ1) is 15.8. The maximum Gasteiger partial charge on any atom is 0.341 e. The molecule has 1 aliphatic rings. The van der Waals surface area contributed by atoms with Crippen molar-refractivity contribution < 1.29 is 14.3 Å². The van der Waals surface area contributed by atoms with Gasteiger partial charge in [-0.3, -0.25) is 4.79 Å². The van der Waals surface area contributed by atoms with Crippen LogP contribution >= 0.6 is 11.8 Å². The zero-order chi connectivity index (χ0) is 15.2. The third-order valence-corrected chi connectivity index (χ3v) is 4.25. The van der Waals surface area contributed by atoms with Gasteiger partial charge in [0.15, 0.2) is 6.10 Å². The fourth-order valence-electron chi connectivity index (χ4n) is 2.38. The highest BCUT2D eigenvalue weighted by Gasteiger charge is 2.24. The van der Waals surface area contributed by atoms with Gasteiger partial charge in [0.2, 0.25) is 0 Å². The van der Waals surface area contributed by atoms with E-state index in [9.17, 15) is 9.59 Å². The number of hydrogen-bond acceptors (Lipinski definition) is 5. The fraction of sp³-hybridized carbons (Fsp3) is 0.533. The quantitative estimate of drug-likeness (QED) is 0.668. The van der Waals surface area contributed by atoms with Gasteiger partial charge in [-0.1, -0.05) is 12.8 Å². The predicted molar refractivity (Wildman–Crippen MR) is 81.3 cm³/mol. The van der Waals surface area contributed by atoms with E-state index in [1.165, 1.54) is 11.8 Å². The van der Waals surface area contributed by atoms with Gasteiger partial charge in [-0.05, 0) is 38.2 Å². The van der Waals surface area contributed by atoms with E-state index >= 15 is 0 Å². The summed E-state index contributed by atoms with van der Waals surface area (Å²) in [5.41, 5.74) is 0.394. The van der Waals surface area contributed by atoms with Crippen molar-refractivity contribution in [3.63, 3.8) is 0 Å². The highest BCUT2D eigenvalue weighted by molar-refractivity contribution is 7.98. The second-order valence-corrected chi connectivity index (χ2v) is 5.89. The lowest BCUT2D eigenvalue weighted by atomic mass is 10.2. The third-order valence-electron chi connectivity index (χ3n) is 3.54. The van der Waals surface area contributed by atoms with Crippen molar-refractivity contribution in [2.45, 2.75) is 49.8 Å². The van der Waals surface area contributed by atoms with Crippen molar-refractivity contribution in [2.24, 2.45) is 0 Å². The number of rotatable bonds is 5. The third kappa shape index (κ3) is 4.20. The highest BCUT2D eigenvalue weighted by Crippen LogP contribution is 2.19. The molecule has 0 aliphatic heterocycles. The number of carbonyl (C=O) groups is 2. The van der Waals surface area contributed by atoms with Crippen LogP contribution in [0.4, 0.5) is 0 Å². The lowest BCUT2D eigenvalue weighted by Crippen LogP contribution is -2.40. The average Bonchev–Trinajstić information content (AvgIpc) is 2.99. The molecule has 2 rings (SSSR count). The molecule has 5 nitrogen and oxygen atoms in total. The summed E-state index contributed by atoms with van der Waals surface area (Å²) >= 11 is 1.37. The zero-order valence-electron chi connectivity index (χ0n) is 12.3. The number of nitrogens with one attached hydrogen (secondary N) is 1. The SMILES string of the molecule is CSc1ncccc1C(=O)O[C@H](C)C(=O)NC1CCCC1. The number of pyridine rings is 1. The van der Waals surface area contributed by atoms with E-state index in [1.807, 2.05) is 6.26 Å². The number of amides is 1. The van der Waals surface area contributed by atoms with Gasteiger partial charge in [-0.15, -0.1) is 11.8 Å². The second-order valence-electron chi connectivity index (χ2n) is 5.10. The van der Waals surface area contributed by atoms with E-state index in [2.05, 4.69) is 10.3 Å².